The van der Waals surface area contributed by atoms with Crippen molar-refractivity contribution in [1.29, 1.82) is 0 Å². The number of hydrogen-bond acceptors (Lipinski definition) is 2. The first-order valence-electron chi connectivity index (χ1n) is 4.16. The van der Waals surface area contributed by atoms with Gasteiger partial charge in [-0.25, -0.2) is 4.98 Å². The van der Waals surface area contributed by atoms with Crippen LogP contribution in [0, 0.1) is 0 Å². The summed E-state index contributed by atoms with van der Waals surface area (Å²) in [7, 11) is 0. The van der Waals surface area contributed by atoms with Gasteiger partial charge in [0, 0.05) is 17.1 Å². The molecule has 0 amide bonds. The van der Waals surface area contributed by atoms with Crippen LogP contribution in [0.5, 0.6) is 0 Å². The van der Waals surface area contributed by atoms with E-state index in [0.717, 1.165) is 5.39 Å². The van der Waals surface area contributed by atoms with Gasteiger partial charge in [0.25, 0.3) is 0 Å². The molecule has 0 saturated heterocycles. The fourth-order valence-corrected chi connectivity index (χ4v) is 1.74. The van der Waals surface area contributed by atoms with Gasteiger partial charge in [-0.15, -0.1) is 0 Å². The van der Waals surface area contributed by atoms with Crippen LogP contribution in [-0.2, 0) is 0 Å². The van der Waals surface area contributed by atoms with E-state index >= 15 is 0 Å². The summed E-state index contributed by atoms with van der Waals surface area (Å²) in [4.78, 5) is 3.90. The number of aromatic nitrogens is 1. The average Bonchev–Trinajstić information content (AvgIpc) is 2.15. The Labute approximate surface area is 88.3 Å². The zero-order chi connectivity index (χ0) is 10.9. The molecule has 0 fully saturated rings. The van der Waals surface area contributed by atoms with Crippen LogP contribution in [0.4, 0.5) is 13.2 Å². The molecule has 0 radical (unpaired) electrons. The van der Waals surface area contributed by atoms with Crippen molar-refractivity contribution in [3.63, 3.8) is 0 Å². The quantitative estimate of drug-likeness (QED) is 0.689. The SMILES string of the molecule is FC(F)(F)Sc1ccc2ccccc2n1. The summed E-state index contributed by atoms with van der Waals surface area (Å²) < 4.78 is 36.2. The number of nitrogens with zero attached hydrogens (tertiary/aromatic N) is 1. The summed E-state index contributed by atoms with van der Waals surface area (Å²) in [6.07, 6.45) is 0. The second-order valence-electron chi connectivity index (χ2n) is 2.89. The Morgan fingerprint density at radius 1 is 1.00 bits per heavy atom. The third-order valence-electron chi connectivity index (χ3n) is 1.79. The Balaban J connectivity index is 2.39. The standard InChI is InChI=1S/C10H6F3NS/c11-10(12,13)15-9-6-5-7-3-1-2-4-8(7)14-9/h1-6H. The molecule has 0 atom stereocenters. The van der Waals surface area contributed by atoms with Crippen LogP contribution in [-0.4, -0.2) is 10.5 Å². The van der Waals surface area contributed by atoms with E-state index in [0.29, 0.717) is 5.52 Å². The average molecular weight is 229 g/mol. The first-order chi connectivity index (χ1) is 7.04. The fourth-order valence-electron chi connectivity index (χ4n) is 1.22. The highest BCUT2D eigenvalue weighted by molar-refractivity contribution is 8.00. The number of rotatable bonds is 1. The molecule has 5 heteroatoms. The monoisotopic (exact) mass is 229 g/mol. The highest BCUT2D eigenvalue weighted by Crippen LogP contribution is 2.36. The van der Waals surface area contributed by atoms with E-state index in [4.69, 9.17) is 0 Å². The van der Waals surface area contributed by atoms with Gasteiger partial charge in [-0.1, -0.05) is 24.3 Å². The van der Waals surface area contributed by atoms with Crippen LogP contribution in [0.15, 0.2) is 41.4 Å². The maximum Gasteiger partial charge on any atom is 0.447 e. The molecule has 1 aromatic carbocycles. The number of para-hydroxylation sites is 1. The lowest BCUT2D eigenvalue weighted by Crippen LogP contribution is -2.00. The van der Waals surface area contributed by atoms with Crippen LogP contribution >= 0.6 is 11.8 Å². The predicted octanol–water partition coefficient (Wildman–Crippen LogP) is 3.85. The summed E-state index contributed by atoms with van der Waals surface area (Å²) in [5, 5.41) is 0.810. The first kappa shape index (κ1) is 10.3. The number of thioether (sulfide) groups is 1. The minimum absolute atomic E-state index is 0.0267. The summed E-state index contributed by atoms with van der Waals surface area (Å²) in [5.74, 6) is 0. The number of pyridine rings is 1. The molecule has 1 nitrogen and oxygen atoms in total. The van der Waals surface area contributed by atoms with Crippen LogP contribution in [0.2, 0.25) is 0 Å². The normalized spacial score (nSPS) is 11.9. The molecule has 2 aromatic rings. The van der Waals surface area contributed by atoms with Crippen LogP contribution < -0.4 is 0 Å². The number of benzene rings is 1. The van der Waals surface area contributed by atoms with Crippen molar-refractivity contribution in [3.8, 4) is 0 Å². The molecule has 0 bridgehead atoms. The zero-order valence-corrected chi connectivity index (χ0v) is 8.27. The van der Waals surface area contributed by atoms with E-state index in [1.54, 1.807) is 18.2 Å². The van der Waals surface area contributed by atoms with Gasteiger partial charge in [-0.3, -0.25) is 0 Å². The van der Waals surface area contributed by atoms with Crippen LogP contribution in [0.1, 0.15) is 0 Å². The minimum atomic E-state index is -4.28. The third-order valence-corrected chi connectivity index (χ3v) is 2.46. The molecule has 15 heavy (non-hydrogen) atoms. The molecule has 0 unspecified atom stereocenters. The Kier molecular flexibility index (Phi) is 2.56. The van der Waals surface area contributed by atoms with Gasteiger partial charge in [0.2, 0.25) is 0 Å². The number of alkyl halides is 3. The second-order valence-corrected chi connectivity index (χ2v) is 3.98. The topological polar surface area (TPSA) is 12.9 Å². The fraction of sp³-hybridized carbons (Fsp3) is 0.100. The number of halogens is 3. The number of fused-ring (bicyclic) bond motifs is 1. The van der Waals surface area contributed by atoms with E-state index in [1.807, 2.05) is 12.1 Å². The second kappa shape index (κ2) is 3.73. The van der Waals surface area contributed by atoms with Gasteiger partial charge in [-0.2, -0.15) is 13.2 Å². The zero-order valence-electron chi connectivity index (χ0n) is 7.45. The molecule has 2 rings (SSSR count). The maximum absolute atomic E-state index is 12.1. The lowest BCUT2D eigenvalue weighted by molar-refractivity contribution is -0.0329. The Hall–Kier alpha value is -1.23. The van der Waals surface area contributed by atoms with Crippen molar-refractivity contribution in [2.75, 3.05) is 0 Å². The van der Waals surface area contributed by atoms with Crippen molar-refractivity contribution in [2.45, 2.75) is 10.5 Å². The molecule has 78 valence electrons. The van der Waals surface area contributed by atoms with Gasteiger partial charge < -0.3 is 0 Å². The van der Waals surface area contributed by atoms with Crippen molar-refractivity contribution in [2.24, 2.45) is 0 Å². The molecule has 0 N–H and O–H groups in total. The third kappa shape index (κ3) is 2.62. The molecule has 0 aliphatic rings. The van der Waals surface area contributed by atoms with Gasteiger partial charge in [0.05, 0.1) is 5.52 Å². The molecule has 0 spiro atoms. The number of hydrogen-bond donors (Lipinski definition) is 0. The highest BCUT2D eigenvalue weighted by Gasteiger charge is 2.29. The Morgan fingerprint density at radius 2 is 1.73 bits per heavy atom. The Bertz CT molecular complexity index is 481. The minimum Gasteiger partial charge on any atom is -0.241 e. The Morgan fingerprint density at radius 3 is 2.47 bits per heavy atom. The van der Waals surface area contributed by atoms with Crippen molar-refractivity contribution in [1.82, 2.24) is 4.98 Å². The van der Waals surface area contributed by atoms with E-state index in [-0.39, 0.29) is 16.8 Å². The van der Waals surface area contributed by atoms with Crippen molar-refractivity contribution < 1.29 is 13.2 Å². The smallest absolute Gasteiger partial charge is 0.241 e. The maximum atomic E-state index is 12.1. The highest BCUT2D eigenvalue weighted by atomic mass is 32.2. The lowest BCUT2D eigenvalue weighted by atomic mass is 10.2. The molecule has 0 aliphatic heterocycles. The molecular formula is C10H6F3NS. The van der Waals surface area contributed by atoms with E-state index in [1.165, 1.54) is 6.07 Å². The van der Waals surface area contributed by atoms with Gasteiger partial charge in [-0.05, 0) is 12.1 Å². The van der Waals surface area contributed by atoms with Gasteiger partial charge in [0.1, 0.15) is 5.03 Å². The van der Waals surface area contributed by atoms with Crippen LogP contribution in [0.25, 0.3) is 10.9 Å². The van der Waals surface area contributed by atoms with E-state index < -0.39 is 5.51 Å². The molecular weight excluding hydrogens is 223 g/mol. The summed E-state index contributed by atoms with van der Waals surface area (Å²) >= 11 is -0.196. The molecule has 1 heterocycles. The van der Waals surface area contributed by atoms with Crippen LogP contribution in [0.3, 0.4) is 0 Å². The van der Waals surface area contributed by atoms with Crippen molar-refractivity contribution in [3.05, 3.63) is 36.4 Å². The van der Waals surface area contributed by atoms with Crippen molar-refractivity contribution >= 4 is 22.7 Å². The predicted molar refractivity (Wildman–Crippen MR) is 53.7 cm³/mol. The molecule has 0 saturated carbocycles. The van der Waals surface area contributed by atoms with E-state index in [2.05, 4.69) is 4.98 Å². The lowest BCUT2D eigenvalue weighted by Gasteiger charge is -2.05. The van der Waals surface area contributed by atoms with Gasteiger partial charge >= 0.3 is 5.51 Å². The summed E-state index contributed by atoms with van der Waals surface area (Å²) in [6.45, 7) is 0. The molecule has 0 aliphatic carbocycles. The van der Waals surface area contributed by atoms with Gasteiger partial charge in [0.15, 0.2) is 0 Å². The largest absolute Gasteiger partial charge is 0.447 e. The van der Waals surface area contributed by atoms with E-state index in [9.17, 15) is 13.2 Å². The first-order valence-corrected chi connectivity index (χ1v) is 4.98. The summed E-state index contributed by atoms with van der Waals surface area (Å²) in [6, 6.07) is 10.1. The molecule has 1 aromatic heterocycles. The summed E-state index contributed by atoms with van der Waals surface area (Å²) in [5.41, 5.74) is -3.71.